The number of rotatable bonds is 6. The number of thiophene rings is 1. The molecule has 0 saturated heterocycles. The molecule has 1 aromatic rings. The van der Waals surface area contributed by atoms with E-state index in [1.165, 1.54) is 0 Å². The van der Waals surface area contributed by atoms with Crippen molar-refractivity contribution in [3.05, 3.63) is 21.9 Å². The highest BCUT2D eigenvalue weighted by Gasteiger charge is 2.17. The van der Waals surface area contributed by atoms with Gasteiger partial charge in [0.2, 0.25) is 0 Å². The van der Waals surface area contributed by atoms with E-state index in [2.05, 4.69) is 0 Å². The van der Waals surface area contributed by atoms with Crippen LogP contribution in [-0.4, -0.2) is 29.8 Å². The van der Waals surface area contributed by atoms with Gasteiger partial charge in [0.05, 0.1) is 9.75 Å². The normalized spacial score (nSPS) is 10.2. The average molecular weight is 254 g/mol. The maximum absolute atomic E-state index is 12.1. The first kappa shape index (κ1) is 13.7. The van der Waals surface area contributed by atoms with E-state index >= 15 is 0 Å². The van der Waals surface area contributed by atoms with Crippen LogP contribution in [0.15, 0.2) is 12.1 Å². The Hall–Kier alpha value is -1.36. The second-order valence-corrected chi connectivity index (χ2v) is 4.90. The van der Waals surface area contributed by atoms with E-state index in [-0.39, 0.29) is 5.91 Å². The van der Waals surface area contributed by atoms with Gasteiger partial charge in [0, 0.05) is 13.1 Å². The van der Waals surface area contributed by atoms with Gasteiger partial charge in [0.1, 0.15) is 0 Å². The lowest BCUT2D eigenvalue weighted by Crippen LogP contribution is -2.31. The quantitative estimate of drug-likeness (QED) is 0.845. The molecule has 0 fully saturated rings. The second kappa shape index (κ2) is 6.39. The third-order valence-electron chi connectivity index (χ3n) is 2.33. The SMILES string of the molecule is CCCN(CCC)C(=O)c1ccc(C(N)=O)s1. The molecule has 2 N–H and O–H groups in total. The molecule has 1 aromatic heterocycles. The fraction of sp³-hybridized carbons (Fsp3) is 0.500. The van der Waals surface area contributed by atoms with Gasteiger partial charge in [0.25, 0.3) is 11.8 Å². The maximum atomic E-state index is 12.1. The van der Waals surface area contributed by atoms with Gasteiger partial charge in [-0.15, -0.1) is 11.3 Å². The molecular formula is C12H18N2O2S. The molecule has 94 valence electrons. The first-order valence-electron chi connectivity index (χ1n) is 5.79. The predicted octanol–water partition coefficient (Wildman–Crippen LogP) is 2.11. The van der Waals surface area contributed by atoms with Crippen LogP contribution >= 0.6 is 11.3 Å². The van der Waals surface area contributed by atoms with Gasteiger partial charge in [-0.2, -0.15) is 0 Å². The van der Waals surface area contributed by atoms with Gasteiger partial charge in [-0.05, 0) is 25.0 Å². The largest absolute Gasteiger partial charge is 0.365 e. The number of nitrogens with zero attached hydrogens (tertiary/aromatic N) is 1. The molecule has 0 atom stereocenters. The summed E-state index contributed by atoms with van der Waals surface area (Å²) in [4.78, 5) is 25.9. The summed E-state index contributed by atoms with van der Waals surface area (Å²) in [6, 6.07) is 3.28. The Balaban J connectivity index is 2.81. The number of hydrogen-bond acceptors (Lipinski definition) is 3. The number of carbonyl (C=O) groups is 2. The first-order chi connectivity index (χ1) is 8.10. The zero-order valence-corrected chi connectivity index (χ0v) is 11.0. The van der Waals surface area contributed by atoms with Crippen LogP contribution in [0.1, 0.15) is 46.0 Å². The van der Waals surface area contributed by atoms with Gasteiger partial charge in [-0.1, -0.05) is 13.8 Å². The van der Waals surface area contributed by atoms with Gasteiger partial charge in [0.15, 0.2) is 0 Å². The Morgan fingerprint density at radius 1 is 1.18 bits per heavy atom. The van der Waals surface area contributed by atoms with Crippen molar-refractivity contribution in [2.75, 3.05) is 13.1 Å². The summed E-state index contributed by atoms with van der Waals surface area (Å²) < 4.78 is 0. The molecule has 1 heterocycles. The van der Waals surface area contributed by atoms with E-state index in [0.717, 1.165) is 37.3 Å². The number of nitrogens with two attached hydrogens (primary N) is 1. The van der Waals surface area contributed by atoms with Crippen LogP contribution in [-0.2, 0) is 0 Å². The Morgan fingerprint density at radius 2 is 1.71 bits per heavy atom. The Morgan fingerprint density at radius 3 is 2.12 bits per heavy atom. The minimum absolute atomic E-state index is 0.00815. The van der Waals surface area contributed by atoms with Crippen molar-refractivity contribution in [2.24, 2.45) is 5.73 Å². The molecule has 0 aliphatic carbocycles. The Kier molecular flexibility index (Phi) is 5.15. The monoisotopic (exact) mass is 254 g/mol. The lowest BCUT2D eigenvalue weighted by atomic mass is 10.3. The van der Waals surface area contributed by atoms with Crippen molar-refractivity contribution in [1.82, 2.24) is 4.90 Å². The highest BCUT2D eigenvalue weighted by atomic mass is 32.1. The van der Waals surface area contributed by atoms with Crippen molar-refractivity contribution in [3.63, 3.8) is 0 Å². The molecule has 1 rings (SSSR count). The van der Waals surface area contributed by atoms with E-state index in [0.29, 0.717) is 9.75 Å². The zero-order chi connectivity index (χ0) is 12.8. The summed E-state index contributed by atoms with van der Waals surface area (Å²) in [5.74, 6) is -0.488. The molecule has 2 amide bonds. The molecule has 0 aliphatic heterocycles. The third kappa shape index (κ3) is 3.56. The van der Waals surface area contributed by atoms with E-state index < -0.39 is 5.91 Å². The van der Waals surface area contributed by atoms with Crippen molar-refractivity contribution in [2.45, 2.75) is 26.7 Å². The van der Waals surface area contributed by atoms with E-state index in [1.54, 1.807) is 12.1 Å². The van der Waals surface area contributed by atoms with Crippen LogP contribution in [0.2, 0.25) is 0 Å². The Bertz CT molecular complexity index is 395. The predicted molar refractivity (Wildman–Crippen MR) is 69.3 cm³/mol. The summed E-state index contributed by atoms with van der Waals surface area (Å²) in [6.45, 7) is 5.57. The van der Waals surface area contributed by atoms with Crippen LogP contribution in [0.3, 0.4) is 0 Å². The lowest BCUT2D eigenvalue weighted by molar-refractivity contribution is 0.0760. The molecule has 0 spiro atoms. The van der Waals surface area contributed by atoms with Crippen molar-refractivity contribution in [3.8, 4) is 0 Å². The fourth-order valence-corrected chi connectivity index (χ4v) is 2.42. The highest BCUT2D eigenvalue weighted by Crippen LogP contribution is 2.18. The molecule has 0 bridgehead atoms. The molecule has 0 aliphatic rings. The van der Waals surface area contributed by atoms with Crippen LogP contribution in [0, 0.1) is 0 Å². The number of carbonyl (C=O) groups excluding carboxylic acids is 2. The molecule has 5 heteroatoms. The average Bonchev–Trinajstić information content (AvgIpc) is 2.77. The standard InChI is InChI=1S/C12H18N2O2S/c1-3-7-14(8-4-2)12(16)10-6-5-9(17-10)11(13)15/h5-6H,3-4,7-8H2,1-2H3,(H2,13,15). The topological polar surface area (TPSA) is 63.4 Å². The van der Waals surface area contributed by atoms with Gasteiger partial charge >= 0.3 is 0 Å². The van der Waals surface area contributed by atoms with Crippen LogP contribution < -0.4 is 5.73 Å². The minimum atomic E-state index is -0.480. The molecular weight excluding hydrogens is 236 g/mol. The zero-order valence-electron chi connectivity index (χ0n) is 10.2. The van der Waals surface area contributed by atoms with Gasteiger partial charge < -0.3 is 10.6 Å². The summed E-state index contributed by atoms with van der Waals surface area (Å²) in [5.41, 5.74) is 5.17. The first-order valence-corrected chi connectivity index (χ1v) is 6.60. The second-order valence-electron chi connectivity index (χ2n) is 3.82. The van der Waals surface area contributed by atoms with Crippen LogP contribution in [0.4, 0.5) is 0 Å². The molecule has 0 unspecified atom stereocenters. The van der Waals surface area contributed by atoms with Gasteiger partial charge in [-0.3, -0.25) is 9.59 Å². The highest BCUT2D eigenvalue weighted by molar-refractivity contribution is 7.15. The van der Waals surface area contributed by atoms with Crippen molar-refractivity contribution in [1.29, 1.82) is 0 Å². The number of amides is 2. The maximum Gasteiger partial charge on any atom is 0.263 e. The van der Waals surface area contributed by atoms with Crippen molar-refractivity contribution >= 4 is 23.2 Å². The molecule has 0 radical (unpaired) electrons. The summed E-state index contributed by atoms with van der Waals surface area (Å²) >= 11 is 1.16. The smallest absolute Gasteiger partial charge is 0.263 e. The van der Waals surface area contributed by atoms with Gasteiger partial charge in [-0.25, -0.2) is 0 Å². The fourth-order valence-electron chi connectivity index (χ4n) is 1.60. The Labute approximate surface area is 105 Å². The number of hydrogen-bond donors (Lipinski definition) is 1. The molecule has 0 aromatic carbocycles. The third-order valence-corrected chi connectivity index (χ3v) is 3.42. The summed E-state index contributed by atoms with van der Waals surface area (Å²) in [5, 5.41) is 0. The van der Waals surface area contributed by atoms with Crippen LogP contribution in [0.25, 0.3) is 0 Å². The van der Waals surface area contributed by atoms with Crippen LogP contribution in [0.5, 0.6) is 0 Å². The molecule has 4 nitrogen and oxygen atoms in total. The molecule has 17 heavy (non-hydrogen) atoms. The van der Waals surface area contributed by atoms with Crippen molar-refractivity contribution < 1.29 is 9.59 Å². The van der Waals surface area contributed by atoms with E-state index in [4.69, 9.17) is 5.73 Å². The number of primary amides is 1. The summed E-state index contributed by atoms with van der Waals surface area (Å²) in [7, 11) is 0. The summed E-state index contributed by atoms with van der Waals surface area (Å²) in [6.07, 6.45) is 1.86. The molecule has 0 saturated carbocycles. The lowest BCUT2D eigenvalue weighted by Gasteiger charge is -2.20. The van der Waals surface area contributed by atoms with E-state index in [1.807, 2.05) is 18.7 Å². The van der Waals surface area contributed by atoms with E-state index in [9.17, 15) is 9.59 Å². The minimum Gasteiger partial charge on any atom is -0.365 e.